The van der Waals surface area contributed by atoms with E-state index >= 15 is 0 Å². The molecule has 587 valence electrons. The Morgan fingerprint density at radius 2 is 0.933 bits per heavy atom. The maximum absolute atomic E-state index is 14.3. The molecule has 0 unspecified atom stereocenters. The van der Waals surface area contributed by atoms with Gasteiger partial charge >= 0.3 is 41.8 Å². The maximum Gasteiger partial charge on any atom is 0.326 e. The molecule has 34 heteroatoms. The predicted molar refractivity (Wildman–Crippen MR) is 388 cm³/mol. The van der Waals surface area contributed by atoms with Crippen molar-refractivity contribution in [3.05, 3.63) is 81.4 Å². The van der Waals surface area contributed by atoms with Gasteiger partial charge in [0, 0.05) is 144 Å². The minimum Gasteiger partial charge on any atom is -0.481 e. The molecule has 105 heavy (non-hydrogen) atoms. The number of aliphatic carboxylic acids is 6. The summed E-state index contributed by atoms with van der Waals surface area (Å²) < 4.78 is 1.04. The van der Waals surface area contributed by atoms with Gasteiger partial charge in [0.05, 0.1) is 32.2 Å². The van der Waals surface area contributed by atoms with Gasteiger partial charge in [-0.15, -0.1) is 0 Å². The number of Topliss-reactive ketones (excluding diaryl/α,β-unsaturated/α-hetero) is 1. The molecule has 1 saturated heterocycles. The molecular formula is C71H101ILuN12O20. The summed E-state index contributed by atoms with van der Waals surface area (Å²) >= 11 is 2.19. The third-order valence-corrected chi connectivity index (χ3v) is 19.0. The van der Waals surface area contributed by atoms with Gasteiger partial charge in [-0.2, -0.15) is 0 Å². The first-order valence-electron chi connectivity index (χ1n) is 35.3. The van der Waals surface area contributed by atoms with Crippen molar-refractivity contribution in [2.75, 3.05) is 98.2 Å². The molecule has 0 aromatic heterocycles. The summed E-state index contributed by atoms with van der Waals surface area (Å²) in [4.78, 5) is 185. The van der Waals surface area contributed by atoms with Gasteiger partial charge in [-0.3, -0.25) is 77.1 Å². The van der Waals surface area contributed by atoms with Crippen LogP contribution in [0.4, 0.5) is 4.79 Å². The molecule has 14 N–H and O–H groups in total. The van der Waals surface area contributed by atoms with E-state index in [1.54, 1.807) is 19.6 Å². The molecule has 1 aliphatic heterocycles. The van der Waals surface area contributed by atoms with Crippen molar-refractivity contribution in [2.24, 2.45) is 11.8 Å². The molecule has 0 spiro atoms. The summed E-state index contributed by atoms with van der Waals surface area (Å²) in [5, 5.41) is 80.9. The van der Waals surface area contributed by atoms with Crippen molar-refractivity contribution in [2.45, 2.75) is 153 Å². The van der Waals surface area contributed by atoms with E-state index in [1.807, 2.05) is 66.7 Å². The molecule has 0 bridgehead atoms. The Kier molecular flexibility index (Phi) is 41.4. The number of fused-ring (bicyclic) bond motifs is 1. The van der Waals surface area contributed by atoms with Crippen molar-refractivity contribution in [1.82, 2.24) is 62.1 Å². The van der Waals surface area contributed by atoms with Gasteiger partial charge in [-0.05, 0) is 159 Å². The van der Waals surface area contributed by atoms with Crippen molar-refractivity contribution in [1.29, 1.82) is 0 Å². The zero-order valence-electron chi connectivity index (χ0n) is 59.1. The SMILES string of the molecule is CC(=O)[C@H](CCC(=O)O)NC(=O)N[C@@H](CCCCNC(=O)[C@H](Cc1ccc2ccccc2c1)NC(=O)C1CCC(CNC(=O)[C@H](CCCCNC(=O)CN2CCN(CC(=O)O)CCN(CC(=O)O)CCN(CC(=O)O)CC2)NC(=O)[C@H](CCC(=O)O)NC(=O)CCCc2ccc(I)cc2)CC1)C(=O)O.[Lu]. The van der Waals surface area contributed by atoms with Crippen molar-refractivity contribution < 1.29 is 135 Å². The fourth-order valence-electron chi connectivity index (χ4n) is 12.4. The Labute approximate surface area is 652 Å². The number of hydrogen-bond acceptors (Lipinski definition) is 18. The van der Waals surface area contributed by atoms with Gasteiger partial charge in [-0.1, -0.05) is 54.6 Å². The molecule has 3 aromatic carbocycles. The summed E-state index contributed by atoms with van der Waals surface area (Å²) in [6.07, 6.45) is 2.70. The monoisotopic (exact) mass is 1740 g/mol. The van der Waals surface area contributed by atoms with Crippen LogP contribution in [0.5, 0.6) is 0 Å². The largest absolute Gasteiger partial charge is 0.481 e. The number of carboxylic acids is 6. The van der Waals surface area contributed by atoms with Crippen molar-refractivity contribution >= 4 is 116 Å². The minimum atomic E-state index is -1.37. The number of amides is 8. The quantitative estimate of drug-likeness (QED) is 0.0284. The van der Waals surface area contributed by atoms with Crippen LogP contribution < -0.4 is 42.5 Å². The van der Waals surface area contributed by atoms with Crippen LogP contribution in [-0.4, -0.2) is 262 Å². The summed E-state index contributed by atoms with van der Waals surface area (Å²) in [6.45, 7) is 2.04. The number of benzene rings is 3. The van der Waals surface area contributed by atoms with Crippen molar-refractivity contribution in [3.63, 3.8) is 0 Å². The predicted octanol–water partition coefficient (Wildman–Crippen LogP) is 1.87. The van der Waals surface area contributed by atoms with Crippen LogP contribution in [0.2, 0.25) is 0 Å². The maximum atomic E-state index is 14.3. The zero-order chi connectivity index (χ0) is 76.1. The van der Waals surface area contributed by atoms with E-state index in [-0.39, 0.29) is 205 Å². The topological polar surface area (TPSA) is 470 Å². The average molecular weight is 1740 g/mol. The molecule has 8 amide bonds. The standard InChI is InChI=1S/C71H101IN12O20.Lu/c1-46(85)54(25-27-61(88)89)79-71(104)80-57(70(102)103)13-5-7-30-74-68(100)58(40-49-17-20-50-10-2-3-11-52(50)39-49)78-66(98)51-21-15-48(16-22-51)41-75-67(99)55(77-69(101)56(26-28-62(90)91)76-59(86)14-8-9-47-18-23-53(72)24-19-47)12-4-6-29-73-60(87)42-81-31-33-82(43-63(92)93)35-37-84(45-65(96)97)38-36-83(34-32-81)44-64(94)95;/h2-3,10-11,17-20,23-24,39,48,51,54-58H,4-9,12-16,21-22,25-38,40-45H2,1H3,(H,73,87)(H,74,100)(H,75,99)(H,76,86)(H,77,101)(H,78,98)(H,88,89)(H,90,91)(H,92,93)(H,94,95)(H,96,97)(H,102,103)(H2,79,80,104);/t48?,51?,54-,55-,56-,57-,58-;/m0./s1. The number of halogens is 1. The Morgan fingerprint density at radius 1 is 0.448 bits per heavy atom. The smallest absolute Gasteiger partial charge is 0.326 e. The molecular weight excluding hydrogens is 1640 g/mol. The number of carbonyl (C=O) groups excluding carboxylic acids is 8. The molecule has 32 nitrogen and oxygen atoms in total. The zero-order valence-corrected chi connectivity index (χ0v) is 62.9. The van der Waals surface area contributed by atoms with E-state index in [9.17, 15) is 92.7 Å². The molecule has 5 atom stereocenters. The summed E-state index contributed by atoms with van der Waals surface area (Å²) in [7, 11) is 0. The molecule has 3 aromatic rings. The minimum absolute atomic E-state index is 0. The number of unbranched alkanes of at least 4 members (excludes halogenated alkanes) is 2. The average Bonchev–Trinajstić information content (AvgIpc) is 0.834. The number of nitrogens with one attached hydrogen (secondary N) is 8. The Balaban J connectivity index is 0.0000233. The fraction of sp³-hybridized carbons (Fsp3) is 0.577. The molecule has 1 radical (unpaired) electrons. The van der Waals surface area contributed by atoms with Gasteiger partial charge < -0.3 is 73.2 Å². The number of carboxylic acid groups (broad SMARTS) is 6. The van der Waals surface area contributed by atoms with Gasteiger partial charge in [0.1, 0.15) is 24.2 Å². The second-order valence-electron chi connectivity index (χ2n) is 26.5. The van der Waals surface area contributed by atoms with E-state index < -0.39 is 126 Å². The summed E-state index contributed by atoms with van der Waals surface area (Å²) in [6, 6.07) is 14.1. The molecule has 2 fully saturated rings. The van der Waals surface area contributed by atoms with Crippen LogP contribution in [0.3, 0.4) is 0 Å². The van der Waals surface area contributed by atoms with Crippen LogP contribution in [0.25, 0.3) is 10.8 Å². The molecule has 2 aliphatic rings. The van der Waals surface area contributed by atoms with Gasteiger partial charge in [0.2, 0.25) is 35.4 Å². The first-order valence-corrected chi connectivity index (χ1v) is 36.4. The number of rotatable bonds is 43. The van der Waals surface area contributed by atoms with Crippen LogP contribution in [0.15, 0.2) is 66.7 Å². The molecule has 1 saturated carbocycles. The summed E-state index contributed by atoms with van der Waals surface area (Å²) in [5.41, 5.74) is 1.77. The Morgan fingerprint density at radius 3 is 1.47 bits per heavy atom. The first kappa shape index (κ1) is 89.7. The van der Waals surface area contributed by atoms with E-state index in [0.29, 0.717) is 44.9 Å². The Hall–Kier alpha value is -7.70. The Bertz CT molecular complexity index is 3370. The fourth-order valence-corrected chi connectivity index (χ4v) is 12.7. The second-order valence-corrected chi connectivity index (χ2v) is 27.8. The number of nitrogens with zero attached hydrogens (tertiary/aromatic N) is 4. The molecule has 1 aliphatic carbocycles. The van der Waals surface area contributed by atoms with E-state index in [4.69, 9.17) is 5.11 Å². The number of hydrogen-bond donors (Lipinski definition) is 14. The van der Waals surface area contributed by atoms with Crippen LogP contribution >= 0.6 is 22.6 Å². The molecule has 5 rings (SSSR count). The van der Waals surface area contributed by atoms with E-state index in [1.165, 1.54) is 6.92 Å². The summed E-state index contributed by atoms with van der Waals surface area (Å²) in [5.74, 6) is -11.2. The van der Waals surface area contributed by atoms with E-state index in [2.05, 4.69) is 65.1 Å². The van der Waals surface area contributed by atoms with Gasteiger partial charge in [0.25, 0.3) is 0 Å². The number of ketones is 1. The normalized spacial score (nSPS) is 17.0. The number of carbonyl (C=O) groups is 14. The van der Waals surface area contributed by atoms with Crippen molar-refractivity contribution in [3.8, 4) is 0 Å². The first-order chi connectivity index (χ1) is 49.6. The second kappa shape index (κ2) is 48.5. The van der Waals surface area contributed by atoms with Crippen LogP contribution in [-0.2, 0) is 75.2 Å². The van der Waals surface area contributed by atoms with E-state index in [0.717, 1.165) is 25.5 Å². The van der Waals surface area contributed by atoms with Gasteiger partial charge in [-0.25, -0.2) is 9.59 Å². The number of urea groups is 1. The third-order valence-electron chi connectivity index (χ3n) is 18.3. The van der Waals surface area contributed by atoms with Gasteiger partial charge in [0.15, 0.2) is 5.78 Å². The number of aryl methyl sites for hydroxylation is 1. The third kappa shape index (κ3) is 36.4. The molecule has 1 heterocycles. The van der Waals surface area contributed by atoms with Crippen LogP contribution in [0.1, 0.15) is 121 Å². The van der Waals surface area contributed by atoms with Crippen LogP contribution in [0, 0.1) is 52.3 Å².